The highest BCUT2D eigenvalue weighted by Crippen LogP contribution is 2.23. The molecule has 1 unspecified atom stereocenters. The summed E-state index contributed by atoms with van der Waals surface area (Å²) in [6.45, 7) is 18.5. The van der Waals surface area contributed by atoms with Gasteiger partial charge in [-0.1, -0.05) is 221 Å². The number of hydrogen-bond acceptors (Lipinski definition) is 6. The second-order valence-corrected chi connectivity index (χ2v) is 17.8. The van der Waals surface area contributed by atoms with E-state index < -0.39 is 0 Å². The first-order chi connectivity index (χ1) is 28.4. The zero-order chi connectivity index (χ0) is 43.0. The predicted molar refractivity (Wildman–Crippen MR) is 253 cm³/mol. The molecule has 58 heavy (non-hydrogen) atoms. The van der Waals surface area contributed by atoms with Crippen molar-refractivity contribution in [2.24, 2.45) is 11.8 Å². The molecule has 0 aliphatic carbocycles. The van der Waals surface area contributed by atoms with Crippen molar-refractivity contribution in [3.05, 3.63) is 0 Å². The molecule has 0 rings (SSSR count). The van der Waals surface area contributed by atoms with E-state index in [-0.39, 0.29) is 5.97 Å². The van der Waals surface area contributed by atoms with E-state index in [9.17, 15) is 9.59 Å². The summed E-state index contributed by atoms with van der Waals surface area (Å²) in [5, 5.41) is 0. The number of unbranched alkanes of at least 4 members (excludes halogenated alkanes) is 19. The van der Waals surface area contributed by atoms with E-state index in [0.29, 0.717) is 32.2 Å². The topological polar surface area (TPSA) is 65.1 Å². The molecule has 0 aliphatic rings. The molecule has 0 spiro atoms. The van der Waals surface area contributed by atoms with Crippen molar-refractivity contribution in [1.29, 1.82) is 0 Å². The standard InChI is InChI=1S/C38H77NO3.C14H28O2/c1-6-10-13-14-15-18-23-29-37(41-34-26-33-39(5)9-4)30-24-19-16-17-20-25-31-38(40)42-35-32-36(27-21-11-7-2)28-22-12-8-3;1-3-5-7-9-14(10-8-6-4-2)11-12-16-13-15/h36-37H,6-35H2,1-5H3;13-14H,3-12H2,1-2H3. The maximum atomic E-state index is 12.3. The van der Waals surface area contributed by atoms with Gasteiger partial charge in [0.1, 0.15) is 0 Å². The minimum atomic E-state index is 0.0198. The zero-order valence-corrected chi connectivity index (χ0v) is 40.6. The smallest absolute Gasteiger partial charge is 0.305 e. The van der Waals surface area contributed by atoms with Gasteiger partial charge in [0.05, 0.1) is 19.3 Å². The lowest BCUT2D eigenvalue weighted by Crippen LogP contribution is -2.21. The molecule has 0 aromatic heterocycles. The molecule has 0 fully saturated rings. The number of hydrogen-bond donors (Lipinski definition) is 0. The van der Waals surface area contributed by atoms with Crippen LogP contribution in [-0.4, -0.2) is 63.4 Å². The largest absolute Gasteiger partial charge is 0.468 e. The molecule has 1 atom stereocenters. The summed E-state index contributed by atoms with van der Waals surface area (Å²) in [5.74, 6) is 1.52. The van der Waals surface area contributed by atoms with Gasteiger partial charge in [0.15, 0.2) is 0 Å². The second kappa shape index (κ2) is 50.2. The van der Waals surface area contributed by atoms with E-state index >= 15 is 0 Å². The Balaban J connectivity index is 0. The lowest BCUT2D eigenvalue weighted by atomic mass is 9.92. The summed E-state index contributed by atoms with van der Waals surface area (Å²) in [6.07, 6.45) is 44.5. The van der Waals surface area contributed by atoms with Gasteiger partial charge in [-0.15, -0.1) is 0 Å². The zero-order valence-electron chi connectivity index (χ0n) is 40.6. The Morgan fingerprint density at radius 2 is 0.862 bits per heavy atom. The molecule has 6 nitrogen and oxygen atoms in total. The first-order valence-electron chi connectivity index (χ1n) is 25.9. The van der Waals surface area contributed by atoms with Gasteiger partial charge in [-0.25, -0.2) is 0 Å². The predicted octanol–water partition coefficient (Wildman–Crippen LogP) is 16.0. The highest BCUT2D eigenvalue weighted by molar-refractivity contribution is 5.69. The van der Waals surface area contributed by atoms with Crippen LogP contribution >= 0.6 is 0 Å². The van der Waals surface area contributed by atoms with Gasteiger partial charge in [-0.05, 0) is 64.0 Å². The van der Waals surface area contributed by atoms with Crippen molar-refractivity contribution >= 4 is 12.4 Å². The van der Waals surface area contributed by atoms with Crippen LogP contribution in [0.2, 0.25) is 0 Å². The van der Waals surface area contributed by atoms with Crippen LogP contribution in [0.3, 0.4) is 0 Å². The summed E-state index contributed by atoms with van der Waals surface area (Å²) in [4.78, 5) is 24.7. The minimum absolute atomic E-state index is 0.0198. The molecule has 0 amide bonds. The fourth-order valence-corrected chi connectivity index (χ4v) is 8.02. The Morgan fingerprint density at radius 1 is 0.466 bits per heavy atom. The fourth-order valence-electron chi connectivity index (χ4n) is 8.02. The lowest BCUT2D eigenvalue weighted by Gasteiger charge is -2.19. The molecule has 0 N–H and O–H groups in total. The van der Waals surface area contributed by atoms with Crippen LogP contribution < -0.4 is 0 Å². The Labute approximate surface area is 364 Å². The van der Waals surface area contributed by atoms with E-state index in [1.807, 2.05) is 0 Å². The number of carbonyl (C=O) groups excluding carboxylic acids is 2. The van der Waals surface area contributed by atoms with E-state index in [4.69, 9.17) is 14.2 Å². The van der Waals surface area contributed by atoms with Gasteiger partial charge in [0, 0.05) is 19.6 Å². The van der Waals surface area contributed by atoms with E-state index in [2.05, 4.69) is 53.5 Å². The van der Waals surface area contributed by atoms with E-state index in [0.717, 1.165) is 63.6 Å². The van der Waals surface area contributed by atoms with Gasteiger partial charge in [0.2, 0.25) is 0 Å². The number of carbonyl (C=O) groups is 2. The molecule has 0 bridgehead atoms. The lowest BCUT2D eigenvalue weighted by molar-refractivity contribution is -0.144. The summed E-state index contributed by atoms with van der Waals surface area (Å²) >= 11 is 0. The molecule has 0 heterocycles. The monoisotopic (exact) mass is 824 g/mol. The Kier molecular flexibility index (Phi) is 51.0. The SMILES string of the molecule is CCCCCC(CCCCC)CCOC=O.CCCCCCCCCC(CCCCCCCCC(=O)OCCC(CCCCC)CCCCC)OCCCN(C)CC. The molecule has 348 valence electrons. The highest BCUT2D eigenvalue weighted by Gasteiger charge is 2.12. The van der Waals surface area contributed by atoms with Crippen molar-refractivity contribution in [1.82, 2.24) is 4.90 Å². The molecule has 0 saturated carbocycles. The van der Waals surface area contributed by atoms with Gasteiger partial charge in [0.25, 0.3) is 6.47 Å². The quantitative estimate of drug-likeness (QED) is 0.0346. The van der Waals surface area contributed by atoms with Crippen LogP contribution in [0.25, 0.3) is 0 Å². The van der Waals surface area contributed by atoms with Gasteiger partial charge in [-0.2, -0.15) is 0 Å². The maximum Gasteiger partial charge on any atom is 0.305 e. The molecular weight excluding hydrogens is 719 g/mol. The van der Waals surface area contributed by atoms with E-state index in [1.54, 1.807) is 0 Å². The van der Waals surface area contributed by atoms with Gasteiger partial charge in [-0.3, -0.25) is 9.59 Å². The van der Waals surface area contributed by atoms with Crippen LogP contribution in [0.1, 0.15) is 266 Å². The Hall–Kier alpha value is -1.14. The number of nitrogens with zero attached hydrogens (tertiary/aromatic N) is 1. The molecule has 0 radical (unpaired) electrons. The number of rotatable bonds is 46. The van der Waals surface area contributed by atoms with Crippen molar-refractivity contribution in [2.75, 3.05) is 40.0 Å². The molecule has 0 aliphatic heterocycles. The van der Waals surface area contributed by atoms with Crippen LogP contribution in [0.4, 0.5) is 0 Å². The normalized spacial score (nSPS) is 12.0. The second-order valence-electron chi connectivity index (χ2n) is 17.8. The van der Waals surface area contributed by atoms with Crippen LogP contribution in [0.5, 0.6) is 0 Å². The molecule has 6 heteroatoms. The average Bonchev–Trinajstić information content (AvgIpc) is 3.22. The van der Waals surface area contributed by atoms with Crippen molar-refractivity contribution in [3.63, 3.8) is 0 Å². The summed E-state index contributed by atoms with van der Waals surface area (Å²) < 4.78 is 16.8. The van der Waals surface area contributed by atoms with Gasteiger partial charge < -0.3 is 19.1 Å². The summed E-state index contributed by atoms with van der Waals surface area (Å²) in [6, 6.07) is 0. The first-order valence-corrected chi connectivity index (χ1v) is 25.9. The third-order valence-electron chi connectivity index (χ3n) is 12.2. The fraction of sp³-hybridized carbons (Fsp3) is 0.962. The van der Waals surface area contributed by atoms with Crippen LogP contribution in [0, 0.1) is 11.8 Å². The van der Waals surface area contributed by atoms with Gasteiger partial charge >= 0.3 is 5.97 Å². The van der Waals surface area contributed by atoms with Crippen molar-refractivity contribution in [3.8, 4) is 0 Å². The highest BCUT2D eigenvalue weighted by atomic mass is 16.5. The molecule has 0 aromatic rings. The molecule has 0 saturated heterocycles. The number of ether oxygens (including phenoxy) is 3. The Morgan fingerprint density at radius 3 is 1.31 bits per heavy atom. The third-order valence-corrected chi connectivity index (χ3v) is 12.2. The van der Waals surface area contributed by atoms with E-state index in [1.165, 1.54) is 186 Å². The third kappa shape index (κ3) is 45.9. The molecule has 0 aromatic carbocycles. The first kappa shape index (κ1) is 59.0. The maximum absolute atomic E-state index is 12.3. The minimum Gasteiger partial charge on any atom is -0.468 e. The van der Waals surface area contributed by atoms with Crippen molar-refractivity contribution < 1.29 is 23.8 Å². The van der Waals surface area contributed by atoms with Crippen molar-refractivity contribution in [2.45, 2.75) is 272 Å². The Bertz CT molecular complexity index is 774. The molecular formula is C52H105NO5. The average molecular weight is 824 g/mol. The van der Waals surface area contributed by atoms with Crippen LogP contribution in [0.15, 0.2) is 0 Å². The number of esters is 1. The van der Waals surface area contributed by atoms with Crippen LogP contribution in [-0.2, 0) is 23.8 Å². The summed E-state index contributed by atoms with van der Waals surface area (Å²) in [7, 11) is 2.19. The summed E-state index contributed by atoms with van der Waals surface area (Å²) in [5.41, 5.74) is 0.